The Morgan fingerprint density at radius 1 is 1.10 bits per heavy atom. The van der Waals surface area contributed by atoms with Gasteiger partial charge in [-0.05, 0) is 37.8 Å². The van der Waals surface area contributed by atoms with Crippen LogP contribution >= 0.6 is 0 Å². The number of hydrogen-bond acceptors (Lipinski definition) is 4. The highest BCUT2D eigenvalue weighted by Crippen LogP contribution is 2.25. The summed E-state index contributed by atoms with van der Waals surface area (Å²) >= 11 is 0. The number of carbonyl (C=O) groups excluding carboxylic acids is 3. The van der Waals surface area contributed by atoms with Crippen molar-refractivity contribution in [2.45, 2.75) is 52.6 Å². The van der Waals surface area contributed by atoms with Crippen LogP contribution in [0.2, 0.25) is 0 Å². The summed E-state index contributed by atoms with van der Waals surface area (Å²) in [6.07, 6.45) is 3.29. The summed E-state index contributed by atoms with van der Waals surface area (Å²) in [6, 6.07) is 7.05. The van der Waals surface area contributed by atoms with Crippen LogP contribution in [-0.4, -0.2) is 55.0 Å². The fourth-order valence-electron chi connectivity index (χ4n) is 3.95. The van der Waals surface area contributed by atoms with Crippen LogP contribution in [0.5, 0.6) is 0 Å². The van der Waals surface area contributed by atoms with Crippen molar-refractivity contribution in [2.75, 3.05) is 31.6 Å². The van der Waals surface area contributed by atoms with E-state index >= 15 is 0 Å². The van der Waals surface area contributed by atoms with E-state index in [1.54, 1.807) is 24.3 Å². The van der Waals surface area contributed by atoms with Gasteiger partial charge in [-0.25, -0.2) is 0 Å². The Balaban J connectivity index is 1.55. The highest BCUT2D eigenvalue weighted by atomic mass is 16.5. The number of nitrogens with one attached hydrogen (secondary N) is 2. The van der Waals surface area contributed by atoms with E-state index in [0.717, 1.165) is 19.4 Å². The van der Waals surface area contributed by atoms with Crippen LogP contribution < -0.4 is 10.6 Å². The summed E-state index contributed by atoms with van der Waals surface area (Å²) in [4.78, 5) is 39.7. The molecule has 2 aliphatic heterocycles. The maximum atomic E-state index is 12.8. The maximum absolute atomic E-state index is 12.8. The van der Waals surface area contributed by atoms with Crippen molar-refractivity contribution in [3.05, 3.63) is 29.8 Å². The minimum absolute atomic E-state index is 0.0664. The molecule has 1 aromatic rings. The number of piperidine rings is 1. The number of amides is 3. The van der Waals surface area contributed by atoms with Gasteiger partial charge in [0.25, 0.3) is 5.91 Å². The van der Waals surface area contributed by atoms with E-state index in [2.05, 4.69) is 10.6 Å². The second-order valence-electron chi connectivity index (χ2n) is 9.20. The zero-order valence-corrected chi connectivity index (χ0v) is 18.2. The summed E-state index contributed by atoms with van der Waals surface area (Å²) in [5.41, 5.74) is 0.551. The Hall–Kier alpha value is -2.41. The first-order valence-electron chi connectivity index (χ1n) is 10.8. The molecular weight excluding hydrogens is 382 g/mol. The van der Waals surface area contributed by atoms with Crippen molar-refractivity contribution in [1.29, 1.82) is 0 Å². The summed E-state index contributed by atoms with van der Waals surface area (Å²) in [6.45, 7) is 8.11. The predicted octanol–water partition coefficient (Wildman–Crippen LogP) is 2.82. The largest absolute Gasteiger partial charge is 0.376 e. The number of carbonyl (C=O) groups is 3. The molecule has 0 aromatic heterocycles. The van der Waals surface area contributed by atoms with Crippen molar-refractivity contribution in [3.8, 4) is 0 Å². The third-order valence-corrected chi connectivity index (χ3v) is 5.74. The molecule has 164 valence electrons. The van der Waals surface area contributed by atoms with Crippen molar-refractivity contribution in [3.63, 3.8) is 0 Å². The van der Waals surface area contributed by atoms with Gasteiger partial charge in [0, 0.05) is 37.6 Å². The number of likely N-dealkylation sites (tertiary alicyclic amines) is 1. The Morgan fingerprint density at radius 2 is 1.80 bits per heavy atom. The third-order valence-electron chi connectivity index (χ3n) is 5.74. The van der Waals surface area contributed by atoms with Gasteiger partial charge in [0.05, 0.1) is 17.4 Å². The number of hydrogen-bond donors (Lipinski definition) is 2. The standard InChI is InChI=1S/C23H33N3O4/c1-23(2,3)22(29)26-12-10-16(11-13-26)20(27)25-19-9-5-4-8-18(19)21(28)24-15-17-7-6-14-30-17/h4-5,8-9,16-17H,6-7,10-15H2,1-3H3,(H,24,28)(H,25,27)/t17-/m0/s1. The van der Waals surface area contributed by atoms with Crippen molar-refractivity contribution < 1.29 is 19.1 Å². The van der Waals surface area contributed by atoms with Gasteiger partial charge in [-0.2, -0.15) is 0 Å². The van der Waals surface area contributed by atoms with Crippen LogP contribution in [0.1, 0.15) is 56.8 Å². The molecule has 0 radical (unpaired) electrons. The van der Waals surface area contributed by atoms with E-state index in [-0.39, 0.29) is 29.7 Å². The van der Waals surface area contributed by atoms with Crippen LogP contribution in [0.15, 0.2) is 24.3 Å². The van der Waals surface area contributed by atoms with E-state index < -0.39 is 5.41 Å². The van der Waals surface area contributed by atoms with Crippen LogP contribution in [0.4, 0.5) is 5.69 Å². The average Bonchev–Trinajstić information content (AvgIpc) is 3.25. The molecule has 3 amide bonds. The number of anilines is 1. The highest BCUT2D eigenvalue weighted by Gasteiger charge is 2.32. The number of para-hydroxylation sites is 1. The topological polar surface area (TPSA) is 87.7 Å². The molecule has 7 nitrogen and oxygen atoms in total. The SMILES string of the molecule is CC(C)(C)C(=O)N1CCC(C(=O)Nc2ccccc2C(=O)NC[C@@H]2CCCO2)CC1. The van der Waals surface area contributed by atoms with Gasteiger partial charge >= 0.3 is 0 Å². The summed E-state index contributed by atoms with van der Waals surface area (Å²) in [5.74, 6) is -0.365. The maximum Gasteiger partial charge on any atom is 0.253 e. The second kappa shape index (κ2) is 9.60. The fraction of sp³-hybridized carbons (Fsp3) is 0.609. The molecule has 0 bridgehead atoms. The van der Waals surface area contributed by atoms with Crippen molar-refractivity contribution >= 4 is 23.4 Å². The monoisotopic (exact) mass is 415 g/mol. The normalized spacial score (nSPS) is 20.1. The van der Waals surface area contributed by atoms with Gasteiger partial charge < -0.3 is 20.3 Å². The van der Waals surface area contributed by atoms with Gasteiger partial charge in [-0.1, -0.05) is 32.9 Å². The first kappa shape index (κ1) is 22.3. The van der Waals surface area contributed by atoms with Crippen LogP contribution in [-0.2, 0) is 14.3 Å². The lowest BCUT2D eigenvalue weighted by Crippen LogP contribution is -2.45. The Bertz CT molecular complexity index is 773. The van der Waals surface area contributed by atoms with E-state index in [1.807, 2.05) is 25.7 Å². The lowest BCUT2D eigenvalue weighted by Gasteiger charge is -2.35. The van der Waals surface area contributed by atoms with Crippen LogP contribution in [0, 0.1) is 11.3 Å². The molecule has 0 spiro atoms. The van der Waals surface area contributed by atoms with E-state index in [9.17, 15) is 14.4 Å². The zero-order valence-electron chi connectivity index (χ0n) is 18.2. The number of ether oxygens (including phenoxy) is 1. The fourth-order valence-corrected chi connectivity index (χ4v) is 3.95. The summed E-state index contributed by atoms with van der Waals surface area (Å²) < 4.78 is 5.55. The molecule has 0 aliphatic carbocycles. The molecule has 2 heterocycles. The number of benzene rings is 1. The van der Waals surface area contributed by atoms with E-state index in [4.69, 9.17) is 4.74 Å². The minimum atomic E-state index is -0.412. The lowest BCUT2D eigenvalue weighted by atomic mass is 9.90. The third kappa shape index (κ3) is 5.59. The van der Waals surface area contributed by atoms with Crippen LogP contribution in [0.3, 0.4) is 0 Å². The molecular formula is C23H33N3O4. The molecule has 1 atom stereocenters. The molecule has 7 heteroatoms. The molecule has 2 saturated heterocycles. The Morgan fingerprint density at radius 3 is 2.43 bits per heavy atom. The smallest absolute Gasteiger partial charge is 0.253 e. The van der Waals surface area contributed by atoms with E-state index in [0.29, 0.717) is 43.7 Å². The molecule has 30 heavy (non-hydrogen) atoms. The summed E-state index contributed by atoms with van der Waals surface area (Å²) in [5, 5.41) is 5.84. The highest BCUT2D eigenvalue weighted by molar-refractivity contribution is 6.04. The van der Waals surface area contributed by atoms with Gasteiger partial charge in [0.2, 0.25) is 11.8 Å². The molecule has 0 saturated carbocycles. The van der Waals surface area contributed by atoms with Crippen LogP contribution in [0.25, 0.3) is 0 Å². The molecule has 2 aliphatic rings. The molecule has 1 aromatic carbocycles. The zero-order chi connectivity index (χ0) is 21.7. The molecule has 2 fully saturated rings. The molecule has 2 N–H and O–H groups in total. The quantitative estimate of drug-likeness (QED) is 0.774. The average molecular weight is 416 g/mol. The first-order valence-corrected chi connectivity index (χ1v) is 10.8. The van der Waals surface area contributed by atoms with Gasteiger partial charge in [0.15, 0.2) is 0 Å². The Kier molecular flexibility index (Phi) is 7.13. The second-order valence-corrected chi connectivity index (χ2v) is 9.20. The van der Waals surface area contributed by atoms with Crippen molar-refractivity contribution in [2.24, 2.45) is 11.3 Å². The predicted molar refractivity (Wildman–Crippen MR) is 115 cm³/mol. The van der Waals surface area contributed by atoms with Gasteiger partial charge in [-0.3, -0.25) is 14.4 Å². The Labute approximate surface area is 178 Å². The van der Waals surface area contributed by atoms with Gasteiger partial charge in [0.1, 0.15) is 0 Å². The minimum Gasteiger partial charge on any atom is -0.376 e. The van der Waals surface area contributed by atoms with E-state index in [1.165, 1.54) is 0 Å². The van der Waals surface area contributed by atoms with Crippen molar-refractivity contribution in [1.82, 2.24) is 10.2 Å². The summed E-state index contributed by atoms with van der Waals surface area (Å²) in [7, 11) is 0. The number of rotatable bonds is 5. The van der Waals surface area contributed by atoms with Gasteiger partial charge in [-0.15, -0.1) is 0 Å². The molecule has 3 rings (SSSR count). The lowest BCUT2D eigenvalue weighted by molar-refractivity contribution is -0.142. The molecule has 0 unspecified atom stereocenters. The number of nitrogens with zero attached hydrogens (tertiary/aromatic N) is 1. The first-order chi connectivity index (χ1) is 14.3.